The van der Waals surface area contributed by atoms with E-state index in [1.54, 1.807) is 25.1 Å². The van der Waals surface area contributed by atoms with E-state index in [-0.39, 0.29) is 0 Å². The summed E-state index contributed by atoms with van der Waals surface area (Å²) in [4.78, 5) is 11.6. The third kappa shape index (κ3) is 1.69. The van der Waals surface area contributed by atoms with E-state index >= 15 is 0 Å². The van der Waals surface area contributed by atoms with Crippen LogP contribution in [0.4, 0.5) is 0 Å². The summed E-state index contributed by atoms with van der Waals surface area (Å²) in [5.41, 5.74) is -0.172. The molecule has 1 aromatic carbocycles. The first kappa shape index (κ1) is 12.6. The lowest BCUT2D eigenvalue weighted by Gasteiger charge is -2.20. The molecule has 0 radical (unpaired) electrons. The summed E-state index contributed by atoms with van der Waals surface area (Å²) in [7, 11) is 1.28. The van der Waals surface area contributed by atoms with Crippen molar-refractivity contribution in [1.29, 1.82) is 0 Å². The first-order valence-electron chi connectivity index (χ1n) is 5.89. The van der Waals surface area contributed by atoms with Crippen molar-refractivity contribution in [2.24, 2.45) is 0 Å². The predicted molar refractivity (Wildman–Crippen MR) is 66.5 cm³/mol. The molecule has 2 aliphatic rings. The Morgan fingerprint density at radius 2 is 2.00 bits per heavy atom. The minimum atomic E-state index is -1.47. The maximum Gasteiger partial charge on any atom is 0.357 e. The third-order valence-corrected chi connectivity index (χ3v) is 4.05. The largest absolute Gasteiger partial charge is 0.486 e. The highest BCUT2D eigenvalue weighted by Crippen LogP contribution is 2.59. The zero-order valence-corrected chi connectivity index (χ0v) is 11.3. The van der Waals surface area contributed by atoms with Crippen molar-refractivity contribution in [2.45, 2.75) is 17.6 Å². The molecule has 0 bridgehead atoms. The van der Waals surface area contributed by atoms with E-state index in [4.69, 9.17) is 25.8 Å². The van der Waals surface area contributed by atoms with Crippen molar-refractivity contribution in [3.8, 4) is 11.5 Å². The Morgan fingerprint density at radius 1 is 1.32 bits per heavy atom. The van der Waals surface area contributed by atoms with Crippen molar-refractivity contribution >= 4 is 17.6 Å². The third-order valence-electron chi connectivity index (χ3n) is 3.46. The van der Waals surface area contributed by atoms with Crippen LogP contribution in [0, 0.1) is 0 Å². The average molecular weight is 285 g/mol. The van der Waals surface area contributed by atoms with Crippen LogP contribution in [0.3, 0.4) is 0 Å². The van der Waals surface area contributed by atoms with Crippen molar-refractivity contribution in [2.75, 3.05) is 20.3 Å². The molecule has 0 amide bonds. The fourth-order valence-electron chi connectivity index (χ4n) is 2.21. The van der Waals surface area contributed by atoms with Gasteiger partial charge in [0, 0.05) is 0 Å². The number of benzene rings is 1. The average Bonchev–Trinajstić information content (AvgIpc) is 3.02. The van der Waals surface area contributed by atoms with E-state index < -0.39 is 16.6 Å². The second-order valence-corrected chi connectivity index (χ2v) is 5.11. The monoisotopic (exact) mass is 284 g/mol. The van der Waals surface area contributed by atoms with Gasteiger partial charge in [-0.3, -0.25) is 0 Å². The minimum Gasteiger partial charge on any atom is -0.486 e. The second kappa shape index (κ2) is 4.02. The number of rotatable bonds is 2. The van der Waals surface area contributed by atoms with Crippen LogP contribution in [0.2, 0.25) is 0 Å². The Labute approximate surface area is 115 Å². The van der Waals surface area contributed by atoms with E-state index in [2.05, 4.69) is 4.74 Å². The Kier molecular flexibility index (Phi) is 2.66. The maximum atomic E-state index is 11.6. The summed E-state index contributed by atoms with van der Waals surface area (Å²) in [6, 6.07) is 5.37. The quantitative estimate of drug-likeness (QED) is 0.471. The molecule has 1 fully saturated rings. The molecule has 0 N–H and O–H groups in total. The predicted octanol–water partition coefficient (Wildman–Crippen LogP) is 1.81. The molecule has 0 aromatic heterocycles. The molecular weight excluding hydrogens is 272 g/mol. The highest BCUT2D eigenvalue weighted by molar-refractivity contribution is 6.35. The van der Waals surface area contributed by atoms with Gasteiger partial charge in [0.05, 0.1) is 7.11 Å². The van der Waals surface area contributed by atoms with Gasteiger partial charge in [0.15, 0.2) is 11.5 Å². The van der Waals surface area contributed by atoms with Crippen LogP contribution < -0.4 is 9.47 Å². The van der Waals surface area contributed by atoms with Gasteiger partial charge in [0.1, 0.15) is 18.8 Å². The van der Waals surface area contributed by atoms with E-state index in [9.17, 15) is 4.79 Å². The molecule has 6 heteroatoms. The van der Waals surface area contributed by atoms with Crippen LogP contribution in [0.15, 0.2) is 18.2 Å². The lowest BCUT2D eigenvalue weighted by atomic mass is 9.96. The molecule has 2 aliphatic heterocycles. The van der Waals surface area contributed by atoms with Gasteiger partial charge >= 0.3 is 5.97 Å². The number of carbonyl (C=O) groups is 1. The van der Waals surface area contributed by atoms with E-state index in [0.29, 0.717) is 24.7 Å². The van der Waals surface area contributed by atoms with Crippen LogP contribution in [0.1, 0.15) is 12.5 Å². The molecule has 1 aromatic rings. The number of esters is 1. The highest BCUT2D eigenvalue weighted by Gasteiger charge is 2.73. The topological polar surface area (TPSA) is 57.3 Å². The Hall–Kier alpha value is -1.46. The first-order chi connectivity index (χ1) is 9.01. The standard InChI is InChI=1S/C13H13ClO5/c1-12(13(14,19-12)11(15)16-2)8-3-4-9-10(7-8)18-6-5-17-9/h3-4,7H,5-6H2,1-2H3. The van der Waals surface area contributed by atoms with Crippen molar-refractivity contribution in [1.82, 2.24) is 0 Å². The molecule has 2 heterocycles. The molecule has 19 heavy (non-hydrogen) atoms. The number of fused-ring (bicyclic) bond motifs is 1. The zero-order valence-electron chi connectivity index (χ0n) is 10.6. The molecule has 1 saturated heterocycles. The minimum absolute atomic E-state index is 0.497. The highest BCUT2D eigenvalue weighted by atomic mass is 35.5. The zero-order chi connectivity index (χ0) is 13.7. The molecule has 0 spiro atoms. The van der Waals surface area contributed by atoms with Gasteiger partial charge < -0.3 is 18.9 Å². The molecule has 2 unspecified atom stereocenters. The molecule has 3 rings (SSSR count). The number of hydrogen-bond acceptors (Lipinski definition) is 5. The van der Waals surface area contributed by atoms with Crippen molar-refractivity contribution < 1.29 is 23.7 Å². The number of ether oxygens (including phenoxy) is 4. The van der Waals surface area contributed by atoms with Gasteiger partial charge in [-0.1, -0.05) is 17.7 Å². The van der Waals surface area contributed by atoms with Gasteiger partial charge in [0.2, 0.25) is 0 Å². The number of epoxide rings is 1. The van der Waals surface area contributed by atoms with Crippen molar-refractivity contribution in [3.63, 3.8) is 0 Å². The van der Waals surface area contributed by atoms with Gasteiger partial charge in [0.25, 0.3) is 5.06 Å². The van der Waals surface area contributed by atoms with Crippen LogP contribution in [-0.2, 0) is 19.9 Å². The normalized spacial score (nSPS) is 31.7. The number of hydrogen-bond donors (Lipinski definition) is 0. The summed E-state index contributed by atoms with van der Waals surface area (Å²) in [5.74, 6) is 0.702. The van der Waals surface area contributed by atoms with Gasteiger partial charge in [-0.2, -0.15) is 0 Å². The number of methoxy groups -OCH3 is 1. The van der Waals surface area contributed by atoms with E-state index in [1.165, 1.54) is 7.11 Å². The van der Waals surface area contributed by atoms with E-state index in [1.807, 2.05) is 0 Å². The molecule has 102 valence electrons. The lowest BCUT2D eigenvalue weighted by Crippen LogP contribution is -2.27. The van der Waals surface area contributed by atoms with Crippen LogP contribution in [-0.4, -0.2) is 31.4 Å². The van der Waals surface area contributed by atoms with Crippen LogP contribution >= 0.6 is 11.6 Å². The summed E-state index contributed by atoms with van der Waals surface area (Å²) < 4.78 is 21.0. The summed E-state index contributed by atoms with van der Waals surface area (Å²) in [5, 5.41) is -1.47. The van der Waals surface area contributed by atoms with Crippen LogP contribution in [0.25, 0.3) is 0 Å². The number of alkyl halides is 1. The van der Waals surface area contributed by atoms with Gasteiger partial charge in [-0.15, -0.1) is 0 Å². The summed E-state index contributed by atoms with van der Waals surface area (Å²) in [6.45, 7) is 2.76. The lowest BCUT2D eigenvalue weighted by molar-refractivity contribution is -0.143. The van der Waals surface area contributed by atoms with Crippen LogP contribution in [0.5, 0.6) is 11.5 Å². The fourth-order valence-corrected chi connectivity index (χ4v) is 2.55. The molecule has 0 saturated carbocycles. The Morgan fingerprint density at radius 3 is 2.68 bits per heavy atom. The Bertz CT molecular complexity index is 546. The first-order valence-corrected chi connectivity index (χ1v) is 6.27. The molecule has 0 aliphatic carbocycles. The fraction of sp³-hybridized carbons (Fsp3) is 0.462. The number of halogens is 1. The molecule has 5 nitrogen and oxygen atoms in total. The second-order valence-electron chi connectivity index (χ2n) is 4.58. The number of carbonyl (C=O) groups excluding carboxylic acids is 1. The summed E-state index contributed by atoms with van der Waals surface area (Å²) in [6.07, 6.45) is 0. The molecule has 2 atom stereocenters. The Balaban J connectivity index is 1.94. The SMILES string of the molecule is COC(=O)C1(Cl)OC1(C)c1ccc2c(c1)OCCO2. The maximum absolute atomic E-state index is 11.6. The van der Waals surface area contributed by atoms with E-state index in [0.717, 1.165) is 5.56 Å². The smallest absolute Gasteiger partial charge is 0.357 e. The summed E-state index contributed by atoms with van der Waals surface area (Å²) >= 11 is 6.15. The van der Waals surface area contributed by atoms with Gasteiger partial charge in [-0.05, 0) is 24.6 Å². The van der Waals surface area contributed by atoms with Crippen molar-refractivity contribution in [3.05, 3.63) is 23.8 Å². The molecular formula is C13H13ClO5. The van der Waals surface area contributed by atoms with Gasteiger partial charge in [-0.25, -0.2) is 4.79 Å².